The number of hydrogen-bond donors (Lipinski definition) is 1. The summed E-state index contributed by atoms with van der Waals surface area (Å²) in [6, 6.07) is 6.73. The van der Waals surface area contributed by atoms with Crippen molar-refractivity contribution in [1.29, 1.82) is 0 Å². The zero-order valence-corrected chi connectivity index (χ0v) is 7.67. The molecule has 3 nitrogen and oxygen atoms in total. The second-order valence-electron chi connectivity index (χ2n) is 2.10. The molecule has 0 heterocycles. The Kier molecular flexibility index (Phi) is 2.99. The third-order valence-corrected chi connectivity index (χ3v) is 1.83. The molecule has 0 fully saturated rings. The van der Waals surface area contributed by atoms with Crippen molar-refractivity contribution in [2.24, 2.45) is 0 Å². The largest absolute Gasteiger partial charge is 0.295 e. The molecule has 62 valence electrons. The van der Waals surface area contributed by atoms with Crippen LogP contribution in [0.2, 0.25) is 0 Å². The topological polar surface area (TPSA) is 46.2 Å². The van der Waals surface area contributed by atoms with Crippen LogP contribution in [0.1, 0.15) is 10.4 Å². The van der Waals surface area contributed by atoms with Gasteiger partial charge in [0.15, 0.2) is 0 Å². The fraction of sp³-hybridized carbons (Fsp3) is 0. The van der Waals surface area contributed by atoms with Gasteiger partial charge in [-0.3, -0.25) is 14.9 Å². The van der Waals surface area contributed by atoms with Crippen LogP contribution in [0, 0.1) is 0 Å². The molecule has 12 heavy (non-hydrogen) atoms. The number of carbonyl (C=O) groups excluding carboxylic acids is 2. The highest BCUT2D eigenvalue weighted by atomic mass is 79.9. The Bertz CT molecular complexity index is 294. The van der Waals surface area contributed by atoms with Gasteiger partial charge in [0.2, 0.25) is 6.41 Å². The van der Waals surface area contributed by atoms with E-state index in [0.717, 1.165) is 4.47 Å². The highest BCUT2D eigenvalue weighted by Gasteiger charge is 2.01. The van der Waals surface area contributed by atoms with Crippen LogP contribution in [0.4, 0.5) is 0 Å². The average molecular weight is 228 g/mol. The highest BCUT2D eigenvalue weighted by Crippen LogP contribution is 2.09. The Morgan fingerprint density at radius 3 is 2.42 bits per heavy atom. The second kappa shape index (κ2) is 4.01. The van der Waals surface area contributed by atoms with Crippen molar-refractivity contribution in [2.45, 2.75) is 0 Å². The third kappa shape index (κ3) is 2.17. The van der Waals surface area contributed by atoms with Crippen molar-refractivity contribution in [3.63, 3.8) is 0 Å². The normalized spacial score (nSPS) is 9.08. The van der Waals surface area contributed by atoms with Crippen molar-refractivity contribution < 1.29 is 9.59 Å². The van der Waals surface area contributed by atoms with Crippen LogP contribution < -0.4 is 5.32 Å². The number of benzene rings is 1. The number of rotatable bonds is 2. The maximum absolute atomic E-state index is 11.0. The first kappa shape index (κ1) is 8.93. The fourth-order valence-corrected chi connectivity index (χ4v) is 1.00. The van der Waals surface area contributed by atoms with E-state index in [9.17, 15) is 9.59 Å². The van der Waals surface area contributed by atoms with E-state index < -0.39 is 5.91 Å². The van der Waals surface area contributed by atoms with Gasteiger partial charge in [0.25, 0.3) is 5.91 Å². The molecule has 1 rings (SSSR count). The van der Waals surface area contributed by atoms with Crippen LogP contribution in [0.15, 0.2) is 28.7 Å². The van der Waals surface area contributed by atoms with E-state index in [1.807, 2.05) is 5.32 Å². The van der Waals surface area contributed by atoms with E-state index in [1.54, 1.807) is 24.3 Å². The van der Waals surface area contributed by atoms with Gasteiger partial charge in [0, 0.05) is 10.0 Å². The molecule has 1 aromatic rings. The lowest BCUT2D eigenvalue weighted by atomic mass is 10.2. The van der Waals surface area contributed by atoms with Crippen LogP contribution in [-0.2, 0) is 4.79 Å². The molecule has 1 aromatic carbocycles. The van der Waals surface area contributed by atoms with Gasteiger partial charge in [-0.1, -0.05) is 15.9 Å². The molecule has 0 aliphatic heterocycles. The molecule has 0 aliphatic carbocycles. The minimum absolute atomic E-state index is 0.365. The van der Waals surface area contributed by atoms with Crippen LogP contribution in [0.5, 0.6) is 0 Å². The average Bonchev–Trinajstić information content (AvgIpc) is 2.06. The minimum atomic E-state index is -0.391. The predicted molar refractivity (Wildman–Crippen MR) is 47.7 cm³/mol. The third-order valence-electron chi connectivity index (χ3n) is 1.30. The predicted octanol–water partition coefficient (Wildman–Crippen LogP) is 1.34. The van der Waals surface area contributed by atoms with Gasteiger partial charge in [0.1, 0.15) is 0 Å². The second-order valence-corrected chi connectivity index (χ2v) is 3.01. The Hall–Kier alpha value is -1.16. The van der Waals surface area contributed by atoms with E-state index in [1.165, 1.54) is 0 Å². The summed E-state index contributed by atoms with van der Waals surface area (Å²) >= 11 is 3.23. The molecular weight excluding hydrogens is 222 g/mol. The molecule has 0 bridgehead atoms. The maximum Gasteiger partial charge on any atom is 0.257 e. The number of halogens is 1. The molecule has 2 amide bonds. The fourth-order valence-electron chi connectivity index (χ4n) is 0.738. The van der Waals surface area contributed by atoms with Crippen LogP contribution in [-0.4, -0.2) is 12.3 Å². The summed E-state index contributed by atoms with van der Waals surface area (Å²) in [7, 11) is 0. The van der Waals surface area contributed by atoms with Crippen LogP contribution in [0.25, 0.3) is 0 Å². The lowest BCUT2D eigenvalue weighted by Gasteiger charge is -1.97. The van der Waals surface area contributed by atoms with Crippen molar-refractivity contribution >= 4 is 28.2 Å². The standard InChI is InChI=1S/C8H6BrNO2/c9-7-3-1-6(2-4-7)8(12)10-5-11/h1-5H,(H,10,11,12). The van der Waals surface area contributed by atoms with Gasteiger partial charge in [-0.2, -0.15) is 0 Å². The molecule has 0 aromatic heterocycles. The number of nitrogens with one attached hydrogen (secondary N) is 1. The summed E-state index contributed by atoms with van der Waals surface area (Å²) in [5.41, 5.74) is 0.463. The van der Waals surface area contributed by atoms with E-state index in [0.29, 0.717) is 12.0 Å². The molecule has 0 aliphatic rings. The quantitative estimate of drug-likeness (QED) is 0.776. The van der Waals surface area contributed by atoms with Crippen LogP contribution >= 0.6 is 15.9 Å². The first-order chi connectivity index (χ1) is 5.74. The monoisotopic (exact) mass is 227 g/mol. The lowest BCUT2D eigenvalue weighted by Crippen LogP contribution is -2.20. The van der Waals surface area contributed by atoms with Crippen molar-refractivity contribution in [1.82, 2.24) is 5.32 Å². The first-order valence-electron chi connectivity index (χ1n) is 3.24. The minimum Gasteiger partial charge on any atom is -0.295 e. The number of imide groups is 1. The van der Waals surface area contributed by atoms with E-state index >= 15 is 0 Å². The Morgan fingerprint density at radius 2 is 1.92 bits per heavy atom. The summed E-state index contributed by atoms with van der Waals surface area (Å²) in [6.45, 7) is 0. The Labute approximate surface area is 77.9 Å². The molecule has 0 radical (unpaired) electrons. The molecule has 0 atom stereocenters. The zero-order chi connectivity index (χ0) is 8.97. The van der Waals surface area contributed by atoms with Gasteiger partial charge in [-0.25, -0.2) is 0 Å². The van der Waals surface area contributed by atoms with Gasteiger partial charge in [-0.15, -0.1) is 0 Å². The Morgan fingerprint density at radius 1 is 1.33 bits per heavy atom. The number of amides is 2. The summed E-state index contributed by atoms with van der Waals surface area (Å²) in [6.07, 6.45) is 0.365. The smallest absolute Gasteiger partial charge is 0.257 e. The van der Waals surface area contributed by atoms with Gasteiger partial charge < -0.3 is 0 Å². The molecule has 4 heteroatoms. The zero-order valence-electron chi connectivity index (χ0n) is 6.08. The summed E-state index contributed by atoms with van der Waals surface area (Å²) < 4.78 is 0.894. The van der Waals surface area contributed by atoms with Crippen molar-refractivity contribution in [2.75, 3.05) is 0 Å². The highest BCUT2D eigenvalue weighted by molar-refractivity contribution is 9.10. The molecule has 0 saturated carbocycles. The summed E-state index contributed by atoms with van der Waals surface area (Å²) in [4.78, 5) is 20.9. The van der Waals surface area contributed by atoms with Crippen LogP contribution in [0.3, 0.4) is 0 Å². The molecule has 0 saturated heterocycles. The number of hydrogen-bond acceptors (Lipinski definition) is 2. The van der Waals surface area contributed by atoms with E-state index in [2.05, 4.69) is 15.9 Å². The SMILES string of the molecule is O=CNC(=O)c1ccc(Br)cc1. The van der Waals surface area contributed by atoms with Gasteiger partial charge in [-0.05, 0) is 24.3 Å². The van der Waals surface area contributed by atoms with Gasteiger partial charge >= 0.3 is 0 Å². The Balaban J connectivity index is 2.82. The lowest BCUT2D eigenvalue weighted by molar-refractivity contribution is -0.108. The molecule has 1 N–H and O–H groups in total. The number of carbonyl (C=O) groups is 2. The summed E-state index contributed by atoms with van der Waals surface area (Å²) in [5, 5.41) is 2.05. The molecular formula is C8H6BrNO2. The summed E-state index contributed by atoms with van der Waals surface area (Å²) in [5.74, 6) is -0.391. The van der Waals surface area contributed by atoms with E-state index in [-0.39, 0.29) is 0 Å². The van der Waals surface area contributed by atoms with Crippen molar-refractivity contribution in [3.05, 3.63) is 34.3 Å². The molecule has 0 unspecified atom stereocenters. The maximum atomic E-state index is 11.0. The first-order valence-corrected chi connectivity index (χ1v) is 4.03. The molecule has 0 spiro atoms. The van der Waals surface area contributed by atoms with Crippen molar-refractivity contribution in [3.8, 4) is 0 Å². The van der Waals surface area contributed by atoms with E-state index in [4.69, 9.17) is 0 Å². The van der Waals surface area contributed by atoms with Gasteiger partial charge in [0.05, 0.1) is 0 Å².